The number of fused-ring (bicyclic) bond motifs is 1. The van der Waals surface area contributed by atoms with Gasteiger partial charge in [0, 0.05) is 18.8 Å². The quantitative estimate of drug-likeness (QED) is 0.794. The van der Waals surface area contributed by atoms with Crippen molar-refractivity contribution in [3.8, 4) is 0 Å². The van der Waals surface area contributed by atoms with Crippen LogP contribution >= 0.6 is 0 Å². The van der Waals surface area contributed by atoms with Gasteiger partial charge in [-0.1, -0.05) is 12.5 Å². The van der Waals surface area contributed by atoms with E-state index in [1.54, 1.807) is 0 Å². The highest BCUT2D eigenvalue weighted by Crippen LogP contribution is 2.59. The minimum atomic E-state index is -0.390. The Balaban J connectivity index is 1.83. The van der Waals surface area contributed by atoms with Crippen LogP contribution < -0.4 is 0 Å². The van der Waals surface area contributed by atoms with E-state index in [1.807, 2.05) is 6.92 Å². The maximum atomic E-state index is 9.99. The van der Waals surface area contributed by atoms with Gasteiger partial charge in [-0.2, -0.15) is 0 Å². The first-order valence-electron chi connectivity index (χ1n) is 7.95. The van der Waals surface area contributed by atoms with Crippen LogP contribution in [-0.2, 0) is 4.74 Å². The molecule has 3 unspecified atom stereocenters. The molecular weight excluding hydrogens is 250 g/mol. The second-order valence-corrected chi connectivity index (χ2v) is 6.65. The molecule has 0 aromatic heterocycles. The van der Waals surface area contributed by atoms with E-state index >= 15 is 0 Å². The molecule has 3 aliphatic heterocycles. The summed E-state index contributed by atoms with van der Waals surface area (Å²) in [6, 6.07) is 0. The smallest absolute Gasteiger partial charge is 0.127 e. The van der Waals surface area contributed by atoms with Crippen molar-refractivity contribution in [3.05, 3.63) is 35.5 Å². The van der Waals surface area contributed by atoms with Crippen LogP contribution in [0.3, 0.4) is 0 Å². The summed E-state index contributed by atoms with van der Waals surface area (Å²) in [6.07, 6.45) is 14.4. The number of nitrogens with zero attached hydrogens (tertiary/aromatic N) is 1. The third-order valence-electron chi connectivity index (χ3n) is 5.39. The van der Waals surface area contributed by atoms with Crippen molar-refractivity contribution >= 4 is 0 Å². The Hall–Kier alpha value is -1.22. The van der Waals surface area contributed by atoms with Crippen LogP contribution in [0.15, 0.2) is 35.5 Å². The average molecular weight is 273 g/mol. The third-order valence-corrected chi connectivity index (χ3v) is 5.39. The minimum Gasteiger partial charge on any atom is -0.489 e. The molecule has 3 nitrogen and oxygen atoms in total. The average Bonchev–Trinajstić information content (AvgIpc) is 2.85. The maximum Gasteiger partial charge on any atom is 0.127 e. The van der Waals surface area contributed by atoms with Crippen molar-refractivity contribution in [3.63, 3.8) is 0 Å². The summed E-state index contributed by atoms with van der Waals surface area (Å²) in [5.74, 6) is 1.19. The largest absolute Gasteiger partial charge is 0.489 e. The van der Waals surface area contributed by atoms with Crippen molar-refractivity contribution in [1.29, 1.82) is 0 Å². The highest BCUT2D eigenvalue weighted by atomic mass is 16.5. The molecule has 0 radical (unpaired) electrons. The number of aliphatic hydroxyl groups is 1. The molecule has 1 spiro atoms. The predicted octanol–water partition coefficient (Wildman–Crippen LogP) is 3.44. The number of rotatable bonds is 1. The van der Waals surface area contributed by atoms with Gasteiger partial charge in [0.1, 0.15) is 11.9 Å². The van der Waals surface area contributed by atoms with Gasteiger partial charge in [0.15, 0.2) is 0 Å². The molecule has 3 heteroatoms. The van der Waals surface area contributed by atoms with Crippen molar-refractivity contribution < 1.29 is 9.84 Å². The molecule has 0 aromatic carbocycles. The number of aliphatic hydroxyl groups excluding tert-OH is 1. The molecule has 0 amide bonds. The van der Waals surface area contributed by atoms with Gasteiger partial charge in [-0.15, -0.1) is 0 Å². The molecule has 0 bridgehead atoms. The molecule has 4 aliphatic rings. The van der Waals surface area contributed by atoms with Gasteiger partial charge in [0.2, 0.25) is 0 Å². The molecular formula is C17H23NO2. The van der Waals surface area contributed by atoms with Gasteiger partial charge in [-0.3, -0.25) is 0 Å². The van der Waals surface area contributed by atoms with Gasteiger partial charge in [0.25, 0.3) is 0 Å². The number of ether oxygens (including phenoxy) is 1. The zero-order valence-corrected chi connectivity index (χ0v) is 12.1. The van der Waals surface area contributed by atoms with Gasteiger partial charge in [-0.25, -0.2) is 0 Å². The molecule has 1 saturated heterocycles. The van der Waals surface area contributed by atoms with Crippen LogP contribution in [0.25, 0.3) is 0 Å². The number of hydrogen-bond acceptors (Lipinski definition) is 3. The first kappa shape index (κ1) is 12.5. The number of allylic oxidation sites excluding steroid dienone is 3. The molecule has 3 atom stereocenters. The Labute approximate surface area is 120 Å². The fraction of sp³-hybridized carbons (Fsp3) is 0.647. The van der Waals surface area contributed by atoms with Crippen molar-refractivity contribution in [2.75, 3.05) is 0 Å². The van der Waals surface area contributed by atoms with E-state index in [0.717, 1.165) is 19.3 Å². The van der Waals surface area contributed by atoms with Crippen LogP contribution in [-0.4, -0.2) is 22.2 Å². The summed E-state index contributed by atoms with van der Waals surface area (Å²) >= 11 is 0. The Bertz CT molecular complexity index is 517. The SMILES string of the molecule is CC(O)C1CC23CCCCC2=CN2C=CCCC2=C3O1. The summed E-state index contributed by atoms with van der Waals surface area (Å²) in [7, 11) is 0. The molecule has 4 rings (SSSR count). The summed E-state index contributed by atoms with van der Waals surface area (Å²) in [4.78, 5) is 2.27. The van der Waals surface area contributed by atoms with Crippen LogP contribution in [0.5, 0.6) is 0 Å². The standard InChI is InChI=1S/C17H23NO2/c1-12(19)15-10-17-8-4-2-6-13(17)11-18-9-5-3-7-14(18)16(17)20-15/h5,9,11-12,15,19H,2-4,6-8,10H2,1H3. The lowest BCUT2D eigenvalue weighted by molar-refractivity contribution is 0.0296. The molecule has 2 fully saturated rings. The summed E-state index contributed by atoms with van der Waals surface area (Å²) < 4.78 is 6.27. The molecule has 1 aliphatic carbocycles. The van der Waals surface area contributed by atoms with E-state index in [2.05, 4.69) is 23.4 Å². The first-order chi connectivity index (χ1) is 9.71. The van der Waals surface area contributed by atoms with Gasteiger partial charge in [0.05, 0.1) is 17.2 Å². The Morgan fingerprint density at radius 1 is 1.40 bits per heavy atom. The van der Waals surface area contributed by atoms with E-state index in [4.69, 9.17) is 4.74 Å². The fourth-order valence-electron chi connectivity index (χ4n) is 4.32. The monoisotopic (exact) mass is 273 g/mol. The van der Waals surface area contributed by atoms with Crippen molar-refractivity contribution in [2.45, 2.75) is 64.1 Å². The predicted molar refractivity (Wildman–Crippen MR) is 77.4 cm³/mol. The summed E-state index contributed by atoms with van der Waals surface area (Å²) in [6.45, 7) is 1.86. The highest BCUT2D eigenvalue weighted by molar-refractivity contribution is 5.40. The lowest BCUT2D eigenvalue weighted by atomic mass is 9.65. The van der Waals surface area contributed by atoms with Gasteiger partial charge < -0.3 is 14.7 Å². The van der Waals surface area contributed by atoms with Crippen LogP contribution in [0.2, 0.25) is 0 Å². The zero-order chi connectivity index (χ0) is 13.7. The van der Waals surface area contributed by atoms with E-state index in [-0.39, 0.29) is 17.6 Å². The van der Waals surface area contributed by atoms with Crippen molar-refractivity contribution in [2.24, 2.45) is 5.41 Å². The van der Waals surface area contributed by atoms with E-state index in [0.29, 0.717) is 0 Å². The minimum absolute atomic E-state index is 0.0372. The molecule has 1 saturated carbocycles. The second-order valence-electron chi connectivity index (χ2n) is 6.65. The van der Waals surface area contributed by atoms with Gasteiger partial charge >= 0.3 is 0 Å². The van der Waals surface area contributed by atoms with Crippen molar-refractivity contribution in [1.82, 2.24) is 4.90 Å². The van der Waals surface area contributed by atoms with Crippen LogP contribution in [0, 0.1) is 5.41 Å². The fourth-order valence-corrected chi connectivity index (χ4v) is 4.32. The van der Waals surface area contributed by atoms with E-state index < -0.39 is 0 Å². The molecule has 108 valence electrons. The Kier molecular flexibility index (Phi) is 2.75. The highest BCUT2D eigenvalue weighted by Gasteiger charge is 2.53. The van der Waals surface area contributed by atoms with Gasteiger partial charge in [-0.05, 0) is 44.6 Å². The normalized spacial score (nSPS) is 36.8. The zero-order valence-electron chi connectivity index (χ0n) is 12.1. The first-order valence-corrected chi connectivity index (χ1v) is 7.95. The second kappa shape index (κ2) is 4.39. The molecule has 20 heavy (non-hydrogen) atoms. The Morgan fingerprint density at radius 2 is 2.30 bits per heavy atom. The lowest BCUT2D eigenvalue weighted by Crippen LogP contribution is -2.34. The molecule has 3 heterocycles. The van der Waals surface area contributed by atoms with E-state index in [1.165, 1.54) is 42.7 Å². The topological polar surface area (TPSA) is 32.7 Å². The van der Waals surface area contributed by atoms with Crippen LogP contribution in [0.4, 0.5) is 0 Å². The third kappa shape index (κ3) is 1.62. The Morgan fingerprint density at radius 3 is 3.15 bits per heavy atom. The maximum absolute atomic E-state index is 9.99. The number of hydrogen-bond donors (Lipinski definition) is 1. The lowest BCUT2D eigenvalue weighted by Gasteiger charge is -2.43. The van der Waals surface area contributed by atoms with E-state index in [9.17, 15) is 5.11 Å². The molecule has 0 aromatic rings. The molecule has 1 N–H and O–H groups in total. The summed E-state index contributed by atoms with van der Waals surface area (Å²) in [5.41, 5.74) is 2.97. The van der Waals surface area contributed by atoms with Crippen LogP contribution in [0.1, 0.15) is 51.9 Å². The summed E-state index contributed by atoms with van der Waals surface area (Å²) in [5, 5.41) is 9.99.